The van der Waals surface area contributed by atoms with E-state index in [9.17, 15) is 9.59 Å². The maximum Gasteiger partial charge on any atom is 0.341 e. The second-order valence-corrected chi connectivity index (χ2v) is 9.65. The molecule has 1 N–H and O–H groups in total. The molecule has 0 fully saturated rings. The van der Waals surface area contributed by atoms with Crippen molar-refractivity contribution in [3.05, 3.63) is 100 Å². The van der Waals surface area contributed by atoms with Crippen LogP contribution in [0.15, 0.2) is 84.2 Å². The molecule has 0 aliphatic carbocycles. The molecule has 0 saturated heterocycles. The largest absolute Gasteiger partial charge is 0.497 e. The molecule has 0 aliphatic rings. The molecule has 8 heteroatoms. The number of esters is 1. The number of nitrogens with one attached hydrogen (secondary N) is 1. The zero-order valence-corrected chi connectivity index (χ0v) is 22.2. The van der Waals surface area contributed by atoms with E-state index >= 15 is 0 Å². The van der Waals surface area contributed by atoms with Crippen LogP contribution in [0.5, 0.6) is 5.75 Å². The molecule has 0 atom stereocenters. The summed E-state index contributed by atoms with van der Waals surface area (Å²) in [6, 6.07) is 23.9. The third-order valence-electron chi connectivity index (χ3n) is 6.00. The van der Waals surface area contributed by atoms with Crippen molar-refractivity contribution in [2.24, 2.45) is 0 Å². The molecule has 5 aromatic rings. The van der Waals surface area contributed by atoms with E-state index < -0.39 is 5.97 Å². The van der Waals surface area contributed by atoms with Crippen molar-refractivity contribution >= 4 is 50.7 Å². The lowest BCUT2D eigenvalue weighted by molar-refractivity contribution is 0.0529. The van der Waals surface area contributed by atoms with Crippen LogP contribution in [0.2, 0.25) is 5.02 Å². The summed E-state index contributed by atoms with van der Waals surface area (Å²) in [5.74, 6) is -0.130. The van der Waals surface area contributed by atoms with Gasteiger partial charge in [-0.05, 0) is 61.0 Å². The number of rotatable bonds is 7. The van der Waals surface area contributed by atoms with E-state index in [2.05, 4.69) is 5.32 Å². The summed E-state index contributed by atoms with van der Waals surface area (Å²) in [4.78, 5) is 31.5. The van der Waals surface area contributed by atoms with Crippen molar-refractivity contribution in [2.75, 3.05) is 19.0 Å². The highest BCUT2D eigenvalue weighted by Gasteiger charge is 2.24. The highest BCUT2D eigenvalue weighted by Crippen LogP contribution is 2.37. The van der Waals surface area contributed by atoms with Crippen LogP contribution in [-0.2, 0) is 4.74 Å². The Labute approximate surface area is 228 Å². The van der Waals surface area contributed by atoms with Gasteiger partial charge in [-0.15, -0.1) is 11.3 Å². The molecular formula is C30H23ClN2O4S. The standard InChI is InChI=1S/C30H23ClN2O4S/c1-3-37-30(35)27-24(18-8-12-20(31)13-9-18)17-38-29(27)33-28(34)23-16-26(19-10-14-21(36-2)15-11-19)32-25-7-5-4-6-22(23)25/h4-17H,3H2,1-2H3,(H,33,34). The minimum atomic E-state index is -0.507. The van der Waals surface area contributed by atoms with E-state index in [0.29, 0.717) is 43.3 Å². The van der Waals surface area contributed by atoms with Gasteiger partial charge >= 0.3 is 5.97 Å². The molecule has 3 aromatic carbocycles. The van der Waals surface area contributed by atoms with E-state index in [1.165, 1.54) is 11.3 Å². The van der Waals surface area contributed by atoms with Crippen LogP contribution >= 0.6 is 22.9 Å². The van der Waals surface area contributed by atoms with Gasteiger partial charge in [0.05, 0.1) is 30.5 Å². The van der Waals surface area contributed by atoms with Crippen LogP contribution in [0, 0.1) is 0 Å². The van der Waals surface area contributed by atoms with E-state index in [4.69, 9.17) is 26.1 Å². The normalized spacial score (nSPS) is 10.8. The molecule has 5 rings (SSSR count). The molecule has 6 nitrogen and oxygen atoms in total. The molecular weight excluding hydrogens is 520 g/mol. The fraction of sp³-hybridized carbons (Fsp3) is 0.100. The fourth-order valence-corrected chi connectivity index (χ4v) is 5.22. The van der Waals surface area contributed by atoms with E-state index in [0.717, 1.165) is 16.9 Å². The highest BCUT2D eigenvalue weighted by atomic mass is 35.5. The number of para-hydroxylation sites is 1. The van der Waals surface area contributed by atoms with Gasteiger partial charge in [0.25, 0.3) is 5.91 Å². The second kappa shape index (κ2) is 11.0. The number of hydrogen-bond acceptors (Lipinski definition) is 6. The Balaban J connectivity index is 1.56. The van der Waals surface area contributed by atoms with E-state index in [1.807, 2.05) is 66.0 Å². The molecule has 190 valence electrons. The van der Waals surface area contributed by atoms with E-state index in [-0.39, 0.29) is 12.5 Å². The molecule has 38 heavy (non-hydrogen) atoms. The van der Waals surface area contributed by atoms with Crippen LogP contribution in [-0.4, -0.2) is 30.6 Å². The van der Waals surface area contributed by atoms with E-state index in [1.54, 1.807) is 32.2 Å². The average Bonchev–Trinajstić information content (AvgIpc) is 3.36. The van der Waals surface area contributed by atoms with Crippen LogP contribution in [0.3, 0.4) is 0 Å². The van der Waals surface area contributed by atoms with Gasteiger partial charge in [-0.2, -0.15) is 0 Å². The number of aromatic nitrogens is 1. The fourth-order valence-electron chi connectivity index (χ4n) is 4.14. The number of anilines is 1. The van der Waals surface area contributed by atoms with Gasteiger partial charge in [0, 0.05) is 26.9 Å². The summed E-state index contributed by atoms with van der Waals surface area (Å²) in [7, 11) is 1.61. The number of fused-ring (bicyclic) bond motifs is 1. The van der Waals surface area contributed by atoms with Crippen molar-refractivity contribution in [2.45, 2.75) is 6.92 Å². The number of nitrogens with zero attached hydrogens (tertiary/aromatic N) is 1. The number of amides is 1. The topological polar surface area (TPSA) is 77.5 Å². The minimum absolute atomic E-state index is 0.211. The summed E-state index contributed by atoms with van der Waals surface area (Å²) in [5, 5.41) is 6.49. The van der Waals surface area contributed by atoms with Crippen LogP contribution < -0.4 is 10.1 Å². The van der Waals surface area contributed by atoms with Crippen molar-refractivity contribution < 1.29 is 19.1 Å². The Hall–Kier alpha value is -4.20. The van der Waals surface area contributed by atoms with Crippen molar-refractivity contribution in [1.82, 2.24) is 4.98 Å². The second-order valence-electron chi connectivity index (χ2n) is 8.34. The molecule has 0 bridgehead atoms. The molecule has 2 heterocycles. The summed E-state index contributed by atoms with van der Waals surface area (Å²) in [6.45, 7) is 1.95. The third kappa shape index (κ3) is 5.11. The first-order chi connectivity index (χ1) is 18.5. The van der Waals surface area contributed by atoms with Crippen molar-refractivity contribution in [1.29, 1.82) is 0 Å². The summed E-state index contributed by atoms with van der Waals surface area (Å²) < 4.78 is 10.6. The first kappa shape index (κ1) is 25.4. The van der Waals surface area contributed by atoms with Crippen molar-refractivity contribution in [3.8, 4) is 28.1 Å². The first-order valence-corrected chi connectivity index (χ1v) is 13.1. The van der Waals surface area contributed by atoms with Gasteiger partial charge < -0.3 is 14.8 Å². The van der Waals surface area contributed by atoms with Gasteiger partial charge in [0.1, 0.15) is 16.3 Å². The number of hydrogen-bond donors (Lipinski definition) is 1. The number of carbonyl (C=O) groups is 2. The number of methoxy groups -OCH3 is 1. The van der Waals surface area contributed by atoms with Crippen LogP contribution in [0.25, 0.3) is 33.3 Å². The van der Waals surface area contributed by atoms with Gasteiger partial charge in [-0.3, -0.25) is 4.79 Å². The van der Waals surface area contributed by atoms with Gasteiger partial charge in [-0.1, -0.05) is 41.9 Å². The summed E-state index contributed by atoms with van der Waals surface area (Å²) in [6.07, 6.45) is 0. The number of thiophene rings is 1. The maximum atomic E-state index is 13.7. The number of carbonyl (C=O) groups excluding carboxylic acids is 2. The number of halogens is 1. The highest BCUT2D eigenvalue weighted by molar-refractivity contribution is 7.15. The van der Waals surface area contributed by atoms with Gasteiger partial charge in [0.2, 0.25) is 0 Å². The lowest BCUT2D eigenvalue weighted by atomic mass is 10.0. The zero-order chi connectivity index (χ0) is 26.6. The molecule has 0 spiro atoms. The lowest BCUT2D eigenvalue weighted by Gasteiger charge is -2.12. The van der Waals surface area contributed by atoms with Gasteiger partial charge in [-0.25, -0.2) is 9.78 Å². The monoisotopic (exact) mass is 542 g/mol. The van der Waals surface area contributed by atoms with Crippen molar-refractivity contribution in [3.63, 3.8) is 0 Å². The Bertz CT molecular complexity index is 1630. The maximum absolute atomic E-state index is 13.7. The SMILES string of the molecule is CCOC(=O)c1c(-c2ccc(Cl)cc2)csc1NC(=O)c1cc(-c2ccc(OC)cc2)nc2ccccc12. The molecule has 0 saturated carbocycles. The number of ether oxygens (including phenoxy) is 2. The third-order valence-corrected chi connectivity index (χ3v) is 7.15. The average molecular weight is 543 g/mol. The predicted molar refractivity (Wildman–Crippen MR) is 152 cm³/mol. The first-order valence-electron chi connectivity index (χ1n) is 11.9. The number of benzene rings is 3. The Morgan fingerprint density at radius 2 is 1.68 bits per heavy atom. The van der Waals surface area contributed by atoms with Crippen LogP contribution in [0.1, 0.15) is 27.6 Å². The van der Waals surface area contributed by atoms with Gasteiger partial charge in [0.15, 0.2) is 0 Å². The minimum Gasteiger partial charge on any atom is -0.497 e. The Morgan fingerprint density at radius 3 is 2.39 bits per heavy atom. The molecule has 0 unspecified atom stereocenters. The summed E-state index contributed by atoms with van der Waals surface area (Å²) in [5.41, 5.74) is 4.39. The zero-order valence-electron chi connectivity index (χ0n) is 20.7. The van der Waals surface area contributed by atoms with Crippen LogP contribution in [0.4, 0.5) is 5.00 Å². The molecule has 0 radical (unpaired) electrons. The smallest absolute Gasteiger partial charge is 0.341 e. The summed E-state index contributed by atoms with van der Waals surface area (Å²) >= 11 is 7.32. The number of pyridine rings is 1. The molecule has 2 aromatic heterocycles. The Kier molecular flexibility index (Phi) is 7.40. The Morgan fingerprint density at radius 1 is 0.974 bits per heavy atom. The lowest BCUT2D eigenvalue weighted by Crippen LogP contribution is -2.15. The molecule has 1 amide bonds. The molecule has 0 aliphatic heterocycles. The quantitative estimate of drug-likeness (QED) is 0.213. The predicted octanol–water partition coefficient (Wildman–Crippen LogP) is 7.72.